The minimum absolute atomic E-state index is 0.0164. The molecule has 1 heterocycles. The number of fused-ring (bicyclic) bond motifs is 7. The lowest BCUT2D eigenvalue weighted by Gasteiger charge is -2.70. The Morgan fingerprint density at radius 3 is 2.45 bits per heavy atom. The summed E-state index contributed by atoms with van der Waals surface area (Å²) in [5.41, 5.74) is 4.61. The average Bonchev–Trinajstić information content (AvgIpc) is 2.94. The van der Waals surface area contributed by atoms with Gasteiger partial charge in [-0.1, -0.05) is 52.3 Å². The highest BCUT2D eigenvalue weighted by Crippen LogP contribution is 2.75. The fourth-order valence-corrected chi connectivity index (χ4v) is 9.85. The van der Waals surface area contributed by atoms with E-state index >= 15 is 0 Å². The Kier molecular flexibility index (Phi) is 6.31. The van der Waals surface area contributed by atoms with Crippen LogP contribution in [0.25, 0.3) is 0 Å². The Morgan fingerprint density at radius 1 is 1.02 bits per heavy atom. The smallest absolute Gasteiger partial charge is 0.317 e. The molecule has 2 amide bonds. The molecule has 2 N–H and O–H groups in total. The van der Waals surface area contributed by atoms with Gasteiger partial charge >= 0.3 is 6.03 Å². The number of rotatable bonds is 2. The van der Waals surface area contributed by atoms with Gasteiger partial charge < -0.3 is 20.1 Å². The van der Waals surface area contributed by atoms with Gasteiger partial charge in [-0.05, 0) is 96.7 Å². The van der Waals surface area contributed by atoms with Crippen LogP contribution in [0.2, 0.25) is 0 Å². The molecule has 0 aromatic heterocycles. The lowest BCUT2D eigenvalue weighted by Crippen LogP contribution is -2.62. The molecule has 0 aromatic rings. The predicted octanol–water partition coefficient (Wildman–Crippen LogP) is 6.65. The highest BCUT2D eigenvalue weighted by atomic mass is 16.5. The molecule has 3 saturated carbocycles. The van der Waals surface area contributed by atoms with Crippen molar-refractivity contribution in [2.45, 2.75) is 86.5 Å². The maximum Gasteiger partial charge on any atom is 0.317 e. The van der Waals surface area contributed by atoms with Crippen molar-refractivity contribution in [2.24, 2.45) is 33.0 Å². The van der Waals surface area contributed by atoms with Crippen LogP contribution in [0.15, 0.2) is 46.3 Å². The third-order valence-electron chi connectivity index (χ3n) is 12.9. The van der Waals surface area contributed by atoms with E-state index in [0.717, 1.165) is 49.8 Å². The Morgan fingerprint density at radius 2 is 1.73 bits per heavy atom. The van der Waals surface area contributed by atoms with Crippen molar-refractivity contribution < 1.29 is 19.4 Å². The van der Waals surface area contributed by atoms with Crippen LogP contribution in [-0.2, 0) is 9.53 Å². The van der Waals surface area contributed by atoms with Crippen LogP contribution >= 0.6 is 0 Å². The van der Waals surface area contributed by atoms with Crippen molar-refractivity contribution in [2.75, 3.05) is 32.8 Å². The number of nitrogens with one attached hydrogen (secondary N) is 1. The standard InChI is InChI=1S/C34H48N2O4/c1-22-23-7-8-26-32(4,24(23)19-25(37)28(22)38)12-14-34(6)27-20-30(2,9-10-31(27,3)11-13-33(26,34)5)21-35-29(39)36-15-17-40-18-16-36/h7-8,19,27,38H,9-18,20-21H2,1-6H3,(H,35,39)/t27-,30-,31+,32+,33-,34+/m1/s1. The largest absolute Gasteiger partial charge is 0.504 e. The molecule has 218 valence electrons. The number of aliphatic hydroxyl groups is 1. The zero-order valence-electron chi connectivity index (χ0n) is 25.4. The summed E-state index contributed by atoms with van der Waals surface area (Å²) in [4.78, 5) is 27.6. The first-order valence-corrected chi connectivity index (χ1v) is 15.5. The molecule has 0 unspecified atom stereocenters. The van der Waals surface area contributed by atoms with Crippen LogP contribution in [0.4, 0.5) is 4.79 Å². The van der Waals surface area contributed by atoms with Crippen molar-refractivity contribution in [1.29, 1.82) is 0 Å². The van der Waals surface area contributed by atoms with E-state index < -0.39 is 0 Å². The molecule has 5 aliphatic carbocycles. The Labute approximate surface area is 240 Å². The zero-order chi connectivity index (χ0) is 28.7. The van der Waals surface area contributed by atoms with Crippen molar-refractivity contribution in [3.05, 3.63) is 46.3 Å². The molecule has 1 aliphatic heterocycles. The van der Waals surface area contributed by atoms with E-state index in [1.54, 1.807) is 6.08 Å². The number of ketones is 1. The molecule has 0 radical (unpaired) electrons. The van der Waals surface area contributed by atoms with Crippen LogP contribution in [0, 0.1) is 33.0 Å². The Hall–Kier alpha value is -2.34. The molecular formula is C34H48N2O4. The number of aliphatic hydroxyl groups excluding tert-OH is 1. The van der Waals surface area contributed by atoms with Crippen LogP contribution in [0.5, 0.6) is 0 Å². The first-order valence-electron chi connectivity index (χ1n) is 15.5. The van der Waals surface area contributed by atoms with Crippen molar-refractivity contribution in [3.8, 4) is 0 Å². The summed E-state index contributed by atoms with van der Waals surface area (Å²) in [6.45, 7) is 17.5. The summed E-state index contributed by atoms with van der Waals surface area (Å²) in [7, 11) is 0. The second-order valence-electron chi connectivity index (χ2n) is 15.1. The molecule has 0 aromatic carbocycles. The van der Waals surface area contributed by atoms with E-state index in [1.165, 1.54) is 18.4 Å². The third kappa shape index (κ3) is 3.84. The van der Waals surface area contributed by atoms with Gasteiger partial charge in [0.1, 0.15) is 0 Å². The van der Waals surface area contributed by atoms with Gasteiger partial charge in [0, 0.05) is 30.6 Å². The van der Waals surface area contributed by atoms with Crippen LogP contribution in [-0.4, -0.2) is 54.7 Å². The fraction of sp³-hybridized carbons (Fsp3) is 0.706. The number of carbonyl (C=O) groups is 2. The number of ether oxygens (including phenoxy) is 1. The van der Waals surface area contributed by atoms with E-state index in [0.29, 0.717) is 43.2 Å². The summed E-state index contributed by atoms with van der Waals surface area (Å²) < 4.78 is 5.43. The van der Waals surface area contributed by atoms with Crippen LogP contribution in [0.1, 0.15) is 86.5 Å². The topological polar surface area (TPSA) is 78.9 Å². The van der Waals surface area contributed by atoms with Crippen LogP contribution in [0.3, 0.4) is 0 Å². The lowest BCUT2D eigenvalue weighted by atomic mass is 9.34. The summed E-state index contributed by atoms with van der Waals surface area (Å²) in [6.07, 6.45) is 14.2. The van der Waals surface area contributed by atoms with Gasteiger partial charge in [0.05, 0.1) is 13.2 Å². The van der Waals surface area contributed by atoms with E-state index in [4.69, 9.17) is 4.74 Å². The molecule has 6 nitrogen and oxygen atoms in total. The second-order valence-corrected chi connectivity index (χ2v) is 15.1. The predicted molar refractivity (Wildman–Crippen MR) is 157 cm³/mol. The highest BCUT2D eigenvalue weighted by molar-refractivity contribution is 6.06. The number of nitrogens with zero attached hydrogens (tertiary/aromatic N) is 1. The van der Waals surface area contributed by atoms with Crippen molar-refractivity contribution in [1.82, 2.24) is 10.2 Å². The molecule has 1 saturated heterocycles. The van der Waals surface area contributed by atoms with Gasteiger partial charge in [0.25, 0.3) is 0 Å². The lowest BCUT2D eigenvalue weighted by molar-refractivity contribution is -0.160. The molecule has 0 spiro atoms. The summed E-state index contributed by atoms with van der Waals surface area (Å²) in [6, 6.07) is 0.0478. The van der Waals surface area contributed by atoms with E-state index in [9.17, 15) is 14.7 Å². The third-order valence-corrected chi connectivity index (χ3v) is 12.9. The molecule has 0 bridgehead atoms. The maximum absolute atomic E-state index is 12.9. The number of morpholine rings is 1. The fourth-order valence-electron chi connectivity index (χ4n) is 9.85. The number of allylic oxidation sites excluding steroid dienone is 7. The first kappa shape index (κ1) is 27.8. The number of hydrogen-bond donors (Lipinski definition) is 2. The van der Waals surface area contributed by atoms with Gasteiger partial charge in [0.2, 0.25) is 5.78 Å². The number of carbonyl (C=O) groups excluding carboxylic acids is 2. The molecule has 6 rings (SSSR count). The minimum Gasteiger partial charge on any atom is -0.504 e. The van der Waals surface area contributed by atoms with Gasteiger partial charge in [0.15, 0.2) is 5.76 Å². The molecule has 40 heavy (non-hydrogen) atoms. The average molecular weight is 549 g/mol. The first-order chi connectivity index (χ1) is 18.8. The van der Waals surface area contributed by atoms with Gasteiger partial charge in [-0.3, -0.25) is 4.79 Å². The van der Waals surface area contributed by atoms with E-state index in [2.05, 4.69) is 52.1 Å². The Balaban J connectivity index is 1.30. The van der Waals surface area contributed by atoms with Crippen molar-refractivity contribution in [3.63, 3.8) is 0 Å². The number of hydrogen-bond acceptors (Lipinski definition) is 4. The summed E-state index contributed by atoms with van der Waals surface area (Å²) in [5.74, 6) is 0.184. The van der Waals surface area contributed by atoms with Crippen LogP contribution < -0.4 is 5.32 Å². The van der Waals surface area contributed by atoms with Gasteiger partial charge in [-0.15, -0.1) is 0 Å². The van der Waals surface area contributed by atoms with E-state index in [-0.39, 0.29) is 39.2 Å². The number of urea groups is 1. The minimum atomic E-state index is -0.260. The second kappa shape index (κ2) is 9.08. The van der Waals surface area contributed by atoms with Crippen molar-refractivity contribution >= 4 is 11.8 Å². The maximum atomic E-state index is 12.9. The number of amides is 2. The SMILES string of the molecule is CC1=C(O)C(=O)C=C2C1=CC=C1[C@@]2(C)CC[C@@]2(C)[C@@H]3C[C@](C)(CNC(=O)N4CCOCC4)CC[C@@]3(C)CC[C@]12C. The van der Waals surface area contributed by atoms with Gasteiger partial charge in [-0.2, -0.15) is 0 Å². The Bertz CT molecular complexity index is 1270. The monoisotopic (exact) mass is 548 g/mol. The molecule has 4 fully saturated rings. The summed E-state index contributed by atoms with van der Waals surface area (Å²) in [5, 5.41) is 13.7. The highest BCUT2D eigenvalue weighted by Gasteiger charge is 2.66. The molecule has 6 heteroatoms. The van der Waals surface area contributed by atoms with Gasteiger partial charge in [-0.25, -0.2) is 4.79 Å². The van der Waals surface area contributed by atoms with E-state index in [1.807, 2.05) is 11.8 Å². The quantitative estimate of drug-likeness (QED) is 0.405. The molecule has 6 atom stereocenters. The molecule has 6 aliphatic rings. The molecular weight excluding hydrogens is 500 g/mol. The zero-order valence-corrected chi connectivity index (χ0v) is 25.4. The summed E-state index contributed by atoms with van der Waals surface area (Å²) >= 11 is 0. The normalized spacial score (nSPS) is 43.0.